The molecule has 0 radical (unpaired) electrons. The van der Waals surface area contributed by atoms with Gasteiger partial charge in [0.1, 0.15) is 11.9 Å². The van der Waals surface area contributed by atoms with Crippen LogP contribution in [0.3, 0.4) is 0 Å². The fourth-order valence-corrected chi connectivity index (χ4v) is 3.48. The molecule has 3 nitrogen and oxygen atoms in total. The highest BCUT2D eigenvalue weighted by Gasteiger charge is 2.29. The minimum atomic E-state index is 0.292. The Kier molecular flexibility index (Phi) is 5.74. The molecule has 2 aliphatic rings. The third-order valence-corrected chi connectivity index (χ3v) is 5.17. The summed E-state index contributed by atoms with van der Waals surface area (Å²) in [7, 11) is 0. The van der Waals surface area contributed by atoms with Crippen LogP contribution in [-0.4, -0.2) is 41.8 Å². The Morgan fingerprint density at radius 2 is 1.73 bits per heavy atom. The Hall–Kier alpha value is -1.06. The third kappa shape index (κ3) is 4.23. The van der Waals surface area contributed by atoms with Crippen LogP contribution in [0.2, 0.25) is 0 Å². The van der Waals surface area contributed by atoms with Gasteiger partial charge >= 0.3 is 0 Å². The number of benzene rings is 1. The molecular weight excluding hydrogens is 274 g/mol. The Labute approximate surface area is 134 Å². The van der Waals surface area contributed by atoms with E-state index >= 15 is 0 Å². The maximum atomic E-state index is 8.82. The standard InChI is InChI=1S/C19H29NO2/c21-15-2-1-4-16-7-9-18(10-8-16)22-19-11-13-20(14-12-19)17-5-3-6-17/h7-10,17,19,21H,1-6,11-15H2. The average Bonchev–Trinajstić information content (AvgIpc) is 2.49. The fourth-order valence-electron chi connectivity index (χ4n) is 3.48. The number of hydrogen-bond donors (Lipinski definition) is 1. The first-order valence-corrected chi connectivity index (χ1v) is 8.95. The summed E-state index contributed by atoms with van der Waals surface area (Å²) < 4.78 is 6.15. The highest BCUT2D eigenvalue weighted by molar-refractivity contribution is 5.27. The lowest BCUT2D eigenvalue weighted by Gasteiger charge is -2.41. The minimum Gasteiger partial charge on any atom is -0.490 e. The van der Waals surface area contributed by atoms with Crippen molar-refractivity contribution in [2.75, 3.05) is 19.7 Å². The number of nitrogens with zero attached hydrogens (tertiary/aromatic N) is 1. The molecule has 2 fully saturated rings. The van der Waals surface area contributed by atoms with E-state index in [0.717, 1.165) is 43.9 Å². The van der Waals surface area contributed by atoms with Crippen molar-refractivity contribution in [3.05, 3.63) is 29.8 Å². The predicted octanol–water partition coefficient (Wildman–Crippen LogP) is 3.40. The van der Waals surface area contributed by atoms with Gasteiger partial charge in [-0.25, -0.2) is 0 Å². The number of likely N-dealkylation sites (tertiary alicyclic amines) is 1. The van der Waals surface area contributed by atoms with E-state index in [1.165, 1.54) is 37.9 Å². The first-order valence-electron chi connectivity index (χ1n) is 8.95. The summed E-state index contributed by atoms with van der Waals surface area (Å²) >= 11 is 0. The van der Waals surface area contributed by atoms with Crippen molar-refractivity contribution in [3.63, 3.8) is 0 Å². The van der Waals surface area contributed by atoms with Crippen molar-refractivity contribution in [1.29, 1.82) is 0 Å². The molecule has 1 N–H and O–H groups in total. The molecule has 1 heterocycles. The monoisotopic (exact) mass is 303 g/mol. The summed E-state index contributed by atoms with van der Waals surface area (Å²) in [6.07, 6.45) is 9.92. The van der Waals surface area contributed by atoms with E-state index in [0.29, 0.717) is 12.7 Å². The van der Waals surface area contributed by atoms with Gasteiger partial charge in [-0.2, -0.15) is 0 Å². The molecule has 1 aromatic rings. The van der Waals surface area contributed by atoms with E-state index in [1.807, 2.05) is 0 Å². The van der Waals surface area contributed by atoms with Gasteiger partial charge in [0, 0.05) is 25.7 Å². The largest absolute Gasteiger partial charge is 0.490 e. The van der Waals surface area contributed by atoms with Crippen LogP contribution in [0, 0.1) is 0 Å². The number of aliphatic hydroxyl groups excluding tert-OH is 1. The lowest BCUT2D eigenvalue weighted by atomic mass is 9.90. The number of aliphatic hydroxyl groups is 1. The van der Waals surface area contributed by atoms with Crippen molar-refractivity contribution in [1.82, 2.24) is 4.90 Å². The topological polar surface area (TPSA) is 32.7 Å². The van der Waals surface area contributed by atoms with Gasteiger partial charge in [-0.15, -0.1) is 0 Å². The van der Waals surface area contributed by atoms with Crippen LogP contribution < -0.4 is 4.74 Å². The highest BCUT2D eigenvalue weighted by atomic mass is 16.5. The highest BCUT2D eigenvalue weighted by Crippen LogP contribution is 2.28. The Bertz CT molecular complexity index is 433. The van der Waals surface area contributed by atoms with Gasteiger partial charge in [0.2, 0.25) is 0 Å². The number of rotatable bonds is 7. The summed E-state index contributed by atoms with van der Waals surface area (Å²) in [6, 6.07) is 9.41. The van der Waals surface area contributed by atoms with E-state index < -0.39 is 0 Å². The predicted molar refractivity (Wildman–Crippen MR) is 89.3 cm³/mol. The number of piperidine rings is 1. The van der Waals surface area contributed by atoms with Crippen LogP contribution in [-0.2, 0) is 6.42 Å². The summed E-state index contributed by atoms with van der Waals surface area (Å²) in [5, 5.41) is 8.82. The van der Waals surface area contributed by atoms with Crippen molar-refractivity contribution >= 4 is 0 Å². The molecule has 0 bridgehead atoms. The second kappa shape index (κ2) is 7.98. The Morgan fingerprint density at radius 1 is 1.00 bits per heavy atom. The second-order valence-corrected chi connectivity index (χ2v) is 6.76. The first kappa shape index (κ1) is 15.8. The third-order valence-electron chi connectivity index (χ3n) is 5.17. The Morgan fingerprint density at radius 3 is 2.32 bits per heavy atom. The molecule has 1 saturated carbocycles. The zero-order valence-electron chi connectivity index (χ0n) is 13.5. The van der Waals surface area contributed by atoms with Gasteiger partial charge in [0.05, 0.1) is 0 Å². The van der Waals surface area contributed by atoms with Crippen molar-refractivity contribution < 1.29 is 9.84 Å². The van der Waals surface area contributed by atoms with Gasteiger partial charge in [0.15, 0.2) is 0 Å². The number of unbranched alkanes of at least 4 members (excludes halogenated alkanes) is 1. The summed E-state index contributed by atoms with van der Waals surface area (Å²) in [6.45, 7) is 2.70. The molecule has 1 aliphatic carbocycles. The van der Waals surface area contributed by atoms with Crippen LogP contribution in [0.4, 0.5) is 0 Å². The molecule has 3 rings (SSSR count). The molecule has 0 amide bonds. The van der Waals surface area contributed by atoms with E-state index in [4.69, 9.17) is 9.84 Å². The molecule has 0 unspecified atom stereocenters. The number of ether oxygens (including phenoxy) is 1. The average molecular weight is 303 g/mol. The van der Waals surface area contributed by atoms with E-state index in [1.54, 1.807) is 0 Å². The first-order chi connectivity index (χ1) is 10.8. The van der Waals surface area contributed by atoms with Crippen LogP contribution in [0.1, 0.15) is 50.5 Å². The molecule has 22 heavy (non-hydrogen) atoms. The zero-order chi connectivity index (χ0) is 15.2. The molecule has 1 aliphatic heterocycles. The lowest BCUT2D eigenvalue weighted by molar-refractivity contribution is 0.0493. The summed E-state index contributed by atoms with van der Waals surface area (Å²) in [5.74, 6) is 1.01. The second-order valence-electron chi connectivity index (χ2n) is 6.76. The number of aryl methyl sites for hydroxylation is 1. The van der Waals surface area contributed by atoms with Gasteiger partial charge in [-0.1, -0.05) is 18.6 Å². The van der Waals surface area contributed by atoms with E-state index in [2.05, 4.69) is 29.2 Å². The Balaban J connectivity index is 1.41. The SMILES string of the molecule is OCCCCc1ccc(OC2CCN(C3CCC3)CC2)cc1. The molecule has 0 spiro atoms. The van der Waals surface area contributed by atoms with E-state index in [-0.39, 0.29) is 0 Å². The van der Waals surface area contributed by atoms with Gasteiger partial charge in [-0.05, 0) is 62.6 Å². The maximum Gasteiger partial charge on any atom is 0.119 e. The fraction of sp³-hybridized carbons (Fsp3) is 0.684. The van der Waals surface area contributed by atoms with Crippen LogP contribution in [0.25, 0.3) is 0 Å². The maximum absolute atomic E-state index is 8.82. The van der Waals surface area contributed by atoms with Gasteiger partial charge in [-0.3, -0.25) is 0 Å². The minimum absolute atomic E-state index is 0.292. The summed E-state index contributed by atoms with van der Waals surface area (Å²) in [5.41, 5.74) is 1.33. The van der Waals surface area contributed by atoms with Crippen LogP contribution in [0.5, 0.6) is 5.75 Å². The zero-order valence-corrected chi connectivity index (χ0v) is 13.5. The summed E-state index contributed by atoms with van der Waals surface area (Å²) in [4.78, 5) is 2.66. The van der Waals surface area contributed by atoms with Crippen LogP contribution in [0.15, 0.2) is 24.3 Å². The number of hydrogen-bond acceptors (Lipinski definition) is 3. The van der Waals surface area contributed by atoms with Crippen molar-refractivity contribution in [2.45, 2.75) is 63.5 Å². The molecule has 1 aromatic carbocycles. The van der Waals surface area contributed by atoms with Gasteiger partial charge in [0.25, 0.3) is 0 Å². The smallest absolute Gasteiger partial charge is 0.119 e. The molecule has 0 atom stereocenters. The lowest BCUT2D eigenvalue weighted by Crippen LogP contribution is -2.46. The van der Waals surface area contributed by atoms with Crippen molar-refractivity contribution in [3.8, 4) is 5.75 Å². The van der Waals surface area contributed by atoms with Gasteiger partial charge < -0.3 is 14.7 Å². The van der Waals surface area contributed by atoms with E-state index in [9.17, 15) is 0 Å². The molecule has 3 heteroatoms. The molecule has 122 valence electrons. The quantitative estimate of drug-likeness (QED) is 0.784. The normalized spacial score (nSPS) is 20.8. The molecular formula is C19H29NO2. The van der Waals surface area contributed by atoms with Crippen molar-refractivity contribution in [2.24, 2.45) is 0 Å². The molecule has 0 aromatic heterocycles. The molecule has 1 saturated heterocycles. The van der Waals surface area contributed by atoms with Crippen LogP contribution >= 0.6 is 0 Å².